The average Bonchev–Trinajstić information content (AvgIpc) is 2.46. The van der Waals surface area contributed by atoms with Gasteiger partial charge in [0.1, 0.15) is 0 Å². The molecule has 0 radical (unpaired) electrons. The molecule has 6 heteroatoms. The molecule has 3 N–H and O–H groups in total. The third-order valence-electron chi connectivity index (χ3n) is 2.68. The Hall–Kier alpha value is -1.59. The monoisotopic (exact) mass is 373 g/mol. The Morgan fingerprint density at radius 1 is 0.577 bits per heavy atom. The van der Waals surface area contributed by atoms with Gasteiger partial charge >= 0.3 is 0 Å². The van der Waals surface area contributed by atoms with E-state index in [0.29, 0.717) is 6.42 Å². The SMILES string of the molecule is CC(C)NC(=O)C(C)C.CC(C)NC(=O)C(C)C.CCC(=O)NC(C)C. The molecular weight excluding hydrogens is 330 g/mol. The molecule has 0 aliphatic heterocycles. The zero-order valence-electron chi connectivity index (χ0n) is 18.8. The van der Waals surface area contributed by atoms with Crippen LogP contribution in [0.5, 0.6) is 0 Å². The molecule has 0 aromatic carbocycles. The van der Waals surface area contributed by atoms with Gasteiger partial charge in [0.05, 0.1) is 0 Å². The first-order chi connectivity index (χ1) is 11.7. The molecule has 0 heterocycles. The minimum atomic E-state index is 0.104. The molecule has 3 amide bonds. The van der Waals surface area contributed by atoms with E-state index in [9.17, 15) is 14.4 Å². The van der Waals surface area contributed by atoms with Crippen molar-refractivity contribution >= 4 is 17.7 Å². The predicted molar refractivity (Wildman–Crippen MR) is 110 cm³/mol. The van der Waals surface area contributed by atoms with Crippen LogP contribution in [0, 0.1) is 11.8 Å². The first-order valence-electron chi connectivity index (χ1n) is 9.64. The summed E-state index contributed by atoms with van der Waals surface area (Å²) in [7, 11) is 0. The van der Waals surface area contributed by atoms with E-state index in [1.54, 1.807) is 0 Å². The summed E-state index contributed by atoms with van der Waals surface area (Å²) in [6.45, 7) is 21.1. The van der Waals surface area contributed by atoms with Crippen molar-refractivity contribution in [1.82, 2.24) is 16.0 Å². The average molecular weight is 374 g/mol. The lowest BCUT2D eigenvalue weighted by Crippen LogP contribution is -2.33. The molecule has 0 aromatic rings. The highest BCUT2D eigenvalue weighted by Gasteiger charge is 2.06. The van der Waals surface area contributed by atoms with Crippen LogP contribution >= 0.6 is 0 Å². The molecule has 0 aliphatic carbocycles. The fourth-order valence-corrected chi connectivity index (χ4v) is 1.33. The van der Waals surface area contributed by atoms with Gasteiger partial charge < -0.3 is 16.0 Å². The number of hydrogen-bond donors (Lipinski definition) is 3. The summed E-state index contributed by atoms with van der Waals surface area (Å²) >= 11 is 0. The lowest BCUT2D eigenvalue weighted by molar-refractivity contribution is -0.125. The van der Waals surface area contributed by atoms with Crippen molar-refractivity contribution in [3.63, 3.8) is 0 Å². The molecule has 156 valence electrons. The summed E-state index contributed by atoms with van der Waals surface area (Å²) in [5, 5.41) is 8.36. The Kier molecular flexibility index (Phi) is 18.9. The largest absolute Gasteiger partial charge is 0.354 e. The van der Waals surface area contributed by atoms with Gasteiger partial charge in [0.15, 0.2) is 0 Å². The minimum Gasteiger partial charge on any atom is -0.354 e. The minimum absolute atomic E-state index is 0.104. The number of rotatable bonds is 6. The van der Waals surface area contributed by atoms with Gasteiger partial charge in [-0.2, -0.15) is 0 Å². The predicted octanol–water partition coefficient (Wildman–Crippen LogP) is 3.26. The summed E-state index contributed by atoms with van der Waals surface area (Å²) in [5.41, 5.74) is 0. The van der Waals surface area contributed by atoms with Crippen molar-refractivity contribution < 1.29 is 14.4 Å². The standard InChI is InChI=1S/2C7H15NO.C6H13NO/c2*1-5(2)7(9)8-6(3)4;1-4-6(8)7-5(2)3/h2*5-6H,1-4H3,(H,8,9);5H,4H2,1-3H3,(H,7,8). The zero-order valence-corrected chi connectivity index (χ0v) is 18.8. The fraction of sp³-hybridized carbons (Fsp3) is 0.850. The fourth-order valence-electron chi connectivity index (χ4n) is 1.33. The molecule has 0 bridgehead atoms. The third kappa shape index (κ3) is 24.7. The van der Waals surface area contributed by atoms with Crippen LogP contribution < -0.4 is 16.0 Å². The number of carbonyl (C=O) groups is 3. The van der Waals surface area contributed by atoms with Crippen molar-refractivity contribution in [3.8, 4) is 0 Å². The van der Waals surface area contributed by atoms with Crippen LogP contribution in [0.2, 0.25) is 0 Å². The van der Waals surface area contributed by atoms with Crippen molar-refractivity contribution in [2.24, 2.45) is 11.8 Å². The molecule has 0 saturated heterocycles. The summed E-state index contributed by atoms with van der Waals surface area (Å²) in [6.07, 6.45) is 0.582. The smallest absolute Gasteiger partial charge is 0.222 e. The highest BCUT2D eigenvalue weighted by molar-refractivity contribution is 5.78. The van der Waals surface area contributed by atoms with Crippen LogP contribution in [0.3, 0.4) is 0 Å². The van der Waals surface area contributed by atoms with Crippen LogP contribution in [0.4, 0.5) is 0 Å². The molecule has 0 saturated carbocycles. The van der Waals surface area contributed by atoms with Gasteiger partial charge in [-0.3, -0.25) is 14.4 Å². The summed E-state index contributed by atoms with van der Waals surface area (Å²) in [5.74, 6) is 0.592. The van der Waals surface area contributed by atoms with E-state index in [0.717, 1.165) is 0 Å². The van der Waals surface area contributed by atoms with Crippen molar-refractivity contribution in [3.05, 3.63) is 0 Å². The van der Waals surface area contributed by atoms with Crippen LogP contribution in [-0.2, 0) is 14.4 Å². The molecule has 0 fully saturated rings. The molecule has 6 nitrogen and oxygen atoms in total. The highest BCUT2D eigenvalue weighted by Crippen LogP contribution is 1.92. The Morgan fingerprint density at radius 3 is 0.923 bits per heavy atom. The van der Waals surface area contributed by atoms with E-state index in [2.05, 4.69) is 16.0 Å². The summed E-state index contributed by atoms with van der Waals surface area (Å²) in [4.78, 5) is 32.2. The maximum absolute atomic E-state index is 10.8. The van der Waals surface area contributed by atoms with Gasteiger partial charge in [0.25, 0.3) is 0 Å². The second-order valence-corrected chi connectivity index (χ2v) is 7.71. The maximum Gasteiger partial charge on any atom is 0.222 e. The van der Waals surface area contributed by atoms with Gasteiger partial charge in [0, 0.05) is 36.4 Å². The molecule has 0 aliphatic rings. The molecule has 0 unspecified atom stereocenters. The zero-order chi connectivity index (χ0) is 21.4. The lowest BCUT2D eigenvalue weighted by atomic mass is 10.2. The first kappa shape index (κ1) is 29.2. The third-order valence-corrected chi connectivity index (χ3v) is 2.68. The molecule has 26 heavy (non-hydrogen) atoms. The van der Waals surface area contributed by atoms with E-state index in [1.165, 1.54) is 0 Å². The van der Waals surface area contributed by atoms with Crippen LogP contribution in [-0.4, -0.2) is 35.8 Å². The molecule has 0 rings (SSSR count). The second kappa shape index (κ2) is 16.9. The molecule has 0 aromatic heterocycles. The quantitative estimate of drug-likeness (QED) is 0.668. The Balaban J connectivity index is -0.000000306. The number of hydrogen-bond acceptors (Lipinski definition) is 3. The molecule has 0 atom stereocenters. The number of nitrogens with one attached hydrogen (secondary N) is 3. The Bertz CT molecular complexity index is 364. The van der Waals surface area contributed by atoms with Crippen LogP contribution in [0.25, 0.3) is 0 Å². The van der Waals surface area contributed by atoms with Gasteiger partial charge in [-0.25, -0.2) is 0 Å². The molecule has 0 spiro atoms. The van der Waals surface area contributed by atoms with Crippen molar-refractivity contribution in [1.29, 1.82) is 0 Å². The lowest BCUT2D eigenvalue weighted by Gasteiger charge is -2.09. The van der Waals surface area contributed by atoms with Gasteiger partial charge in [-0.05, 0) is 41.5 Å². The van der Waals surface area contributed by atoms with E-state index in [4.69, 9.17) is 0 Å². The topological polar surface area (TPSA) is 87.3 Å². The van der Waals surface area contributed by atoms with Gasteiger partial charge in [-0.15, -0.1) is 0 Å². The van der Waals surface area contributed by atoms with Crippen LogP contribution in [0.15, 0.2) is 0 Å². The Morgan fingerprint density at radius 2 is 0.846 bits per heavy atom. The number of amides is 3. The van der Waals surface area contributed by atoms with Crippen LogP contribution in [0.1, 0.15) is 82.6 Å². The molecular formula is C20H43N3O3. The first-order valence-corrected chi connectivity index (χ1v) is 9.64. The van der Waals surface area contributed by atoms with E-state index in [1.807, 2.05) is 76.2 Å². The van der Waals surface area contributed by atoms with Gasteiger partial charge in [-0.1, -0.05) is 34.6 Å². The Labute approximate surface area is 161 Å². The summed E-state index contributed by atoms with van der Waals surface area (Å²) < 4.78 is 0. The maximum atomic E-state index is 10.8. The second-order valence-electron chi connectivity index (χ2n) is 7.71. The van der Waals surface area contributed by atoms with Crippen molar-refractivity contribution in [2.75, 3.05) is 0 Å². The number of carbonyl (C=O) groups excluding carboxylic acids is 3. The van der Waals surface area contributed by atoms with Crippen molar-refractivity contribution in [2.45, 2.75) is 101 Å². The van der Waals surface area contributed by atoms with E-state index < -0.39 is 0 Å². The summed E-state index contributed by atoms with van der Waals surface area (Å²) in [6, 6.07) is 0.808. The van der Waals surface area contributed by atoms with E-state index in [-0.39, 0.29) is 47.7 Å². The van der Waals surface area contributed by atoms with Gasteiger partial charge in [0.2, 0.25) is 17.7 Å². The highest BCUT2D eigenvalue weighted by atomic mass is 16.2. The van der Waals surface area contributed by atoms with E-state index >= 15 is 0 Å². The normalized spacial score (nSPS) is 10.2.